The molecule has 1 aromatic heterocycles. The second-order valence-corrected chi connectivity index (χ2v) is 5.25. The lowest BCUT2D eigenvalue weighted by molar-refractivity contribution is -0.383. The van der Waals surface area contributed by atoms with Crippen LogP contribution in [0, 0.1) is 10.1 Å². The second-order valence-electron chi connectivity index (χ2n) is 5.25. The standard InChI is InChI=1S/C12H19N5O2/c1-4-13-10-9(17(18)19)11(15-8-14-10)16-7-5-6-12(16,2)3/h8H,4-7H2,1-3H3,(H,13,14,15). The van der Waals surface area contributed by atoms with E-state index < -0.39 is 4.92 Å². The van der Waals surface area contributed by atoms with Crippen molar-refractivity contribution in [3.05, 3.63) is 16.4 Å². The largest absolute Gasteiger partial charge is 0.364 e. The van der Waals surface area contributed by atoms with Crippen LogP contribution in [0.3, 0.4) is 0 Å². The zero-order valence-corrected chi connectivity index (χ0v) is 11.5. The van der Waals surface area contributed by atoms with Crippen molar-refractivity contribution in [1.29, 1.82) is 0 Å². The van der Waals surface area contributed by atoms with Gasteiger partial charge in [0.15, 0.2) is 0 Å². The van der Waals surface area contributed by atoms with Crippen LogP contribution in [0.5, 0.6) is 0 Å². The number of aromatic nitrogens is 2. The number of hydrogen-bond donors (Lipinski definition) is 1. The third kappa shape index (κ3) is 2.45. The van der Waals surface area contributed by atoms with Crippen LogP contribution in [0.25, 0.3) is 0 Å². The van der Waals surface area contributed by atoms with Crippen LogP contribution in [0.2, 0.25) is 0 Å². The molecular weight excluding hydrogens is 246 g/mol. The first-order valence-electron chi connectivity index (χ1n) is 6.48. The van der Waals surface area contributed by atoms with E-state index in [9.17, 15) is 10.1 Å². The molecule has 104 valence electrons. The van der Waals surface area contributed by atoms with Crippen LogP contribution < -0.4 is 10.2 Å². The highest BCUT2D eigenvalue weighted by atomic mass is 16.6. The second kappa shape index (κ2) is 4.99. The van der Waals surface area contributed by atoms with Crippen LogP contribution in [-0.4, -0.2) is 33.5 Å². The van der Waals surface area contributed by atoms with Crippen molar-refractivity contribution >= 4 is 17.3 Å². The molecule has 0 aliphatic carbocycles. The van der Waals surface area contributed by atoms with Gasteiger partial charge < -0.3 is 10.2 Å². The zero-order chi connectivity index (χ0) is 14.0. The Bertz CT molecular complexity index is 489. The van der Waals surface area contributed by atoms with E-state index in [1.807, 2.05) is 11.8 Å². The SMILES string of the molecule is CCNc1ncnc(N2CCCC2(C)C)c1[N+](=O)[O-]. The average Bonchev–Trinajstić information content (AvgIpc) is 2.68. The van der Waals surface area contributed by atoms with Crippen molar-refractivity contribution in [3.63, 3.8) is 0 Å². The molecule has 1 aliphatic heterocycles. The third-order valence-corrected chi connectivity index (χ3v) is 3.49. The molecule has 0 unspecified atom stereocenters. The van der Waals surface area contributed by atoms with Gasteiger partial charge in [0.05, 0.1) is 4.92 Å². The lowest BCUT2D eigenvalue weighted by atomic mass is 10.0. The first-order valence-corrected chi connectivity index (χ1v) is 6.48. The summed E-state index contributed by atoms with van der Waals surface area (Å²) in [5.74, 6) is 0.707. The molecule has 0 spiro atoms. The Morgan fingerprint density at radius 3 is 2.79 bits per heavy atom. The Balaban J connectivity index is 2.50. The molecule has 19 heavy (non-hydrogen) atoms. The Hall–Kier alpha value is -1.92. The van der Waals surface area contributed by atoms with Gasteiger partial charge in [-0.1, -0.05) is 0 Å². The normalized spacial score (nSPS) is 17.5. The van der Waals surface area contributed by atoms with E-state index >= 15 is 0 Å². The van der Waals surface area contributed by atoms with Crippen LogP contribution in [0.1, 0.15) is 33.6 Å². The molecule has 7 nitrogen and oxygen atoms in total. The van der Waals surface area contributed by atoms with Gasteiger partial charge in [0, 0.05) is 18.6 Å². The van der Waals surface area contributed by atoms with Crippen molar-refractivity contribution in [2.75, 3.05) is 23.3 Å². The quantitative estimate of drug-likeness (QED) is 0.663. The molecule has 1 saturated heterocycles. The minimum absolute atomic E-state index is 0.0284. The van der Waals surface area contributed by atoms with E-state index in [1.54, 1.807) is 0 Å². The molecule has 1 fully saturated rings. The van der Waals surface area contributed by atoms with Crippen molar-refractivity contribution < 1.29 is 4.92 Å². The highest BCUT2D eigenvalue weighted by Gasteiger charge is 2.38. The zero-order valence-electron chi connectivity index (χ0n) is 11.5. The summed E-state index contributed by atoms with van der Waals surface area (Å²) in [6, 6.07) is 0. The van der Waals surface area contributed by atoms with E-state index in [0.29, 0.717) is 18.2 Å². The predicted molar refractivity (Wildman–Crippen MR) is 73.5 cm³/mol. The number of rotatable bonds is 4. The summed E-state index contributed by atoms with van der Waals surface area (Å²) in [7, 11) is 0. The molecule has 0 saturated carbocycles. The Kier molecular flexibility index (Phi) is 3.55. The predicted octanol–water partition coefficient (Wildman–Crippen LogP) is 2.20. The maximum Gasteiger partial charge on any atom is 0.353 e. The van der Waals surface area contributed by atoms with Gasteiger partial charge in [-0.25, -0.2) is 9.97 Å². The summed E-state index contributed by atoms with van der Waals surface area (Å²) >= 11 is 0. The number of hydrogen-bond acceptors (Lipinski definition) is 6. The van der Waals surface area contributed by atoms with Crippen molar-refractivity contribution in [3.8, 4) is 0 Å². The molecule has 0 radical (unpaired) electrons. The lowest BCUT2D eigenvalue weighted by Crippen LogP contribution is -2.39. The molecule has 1 aromatic rings. The first kappa shape index (κ1) is 13.5. The molecule has 2 heterocycles. The molecule has 1 aliphatic rings. The monoisotopic (exact) mass is 265 g/mol. The van der Waals surface area contributed by atoms with Gasteiger partial charge in [-0.15, -0.1) is 0 Å². The van der Waals surface area contributed by atoms with Gasteiger partial charge in [0.1, 0.15) is 6.33 Å². The van der Waals surface area contributed by atoms with Crippen LogP contribution >= 0.6 is 0 Å². The number of anilines is 2. The summed E-state index contributed by atoms with van der Waals surface area (Å²) in [4.78, 5) is 21.1. The molecule has 0 aromatic carbocycles. The van der Waals surface area contributed by atoms with Gasteiger partial charge in [-0.3, -0.25) is 10.1 Å². The van der Waals surface area contributed by atoms with E-state index in [2.05, 4.69) is 29.1 Å². The fourth-order valence-electron chi connectivity index (χ4n) is 2.53. The van der Waals surface area contributed by atoms with Gasteiger partial charge >= 0.3 is 5.69 Å². The fourth-order valence-corrected chi connectivity index (χ4v) is 2.53. The Morgan fingerprint density at radius 1 is 1.53 bits per heavy atom. The van der Waals surface area contributed by atoms with Gasteiger partial charge in [0.2, 0.25) is 11.6 Å². The lowest BCUT2D eigenvalue weighted by Gasteiger charge is -2.32. The van der Waals surface area contributed by atoms with E-state index in [4.69, 9.17) is 0 Å². The molecular formula is C12H19N5O2. The summed E-state index contributed by atoms with van der Waals surface area (Å²) in [6.45, 7) is 7.42. The van der Waals surface area contributed by atoms with Gasteiger partial charge in [-0.05, 0) is 33.6 Å². The molecule has 7 heteroatoms. The van der Waals surface area contributed by atoms with Crippen molar-refractivity contribution in [1.82, 2.24) is 9.97 Å². The fraction of sp³-hybridized carbons (Fsp3) is 0.667. The third-order valence-electron chi connectivity index (χ3n) is 3.49. The smallest absolute Gasteiger partial charge is 0.353 e. The number of nitro groups is 1. The minimum Gasteiger partial charge on any atom is -0.364 e. The minimum atomic E-state index is -0.401. The Labute approximate surface area is 112 Å². The summed E-state index contributed by atoms with van der Waals surface area (Å²) in [5.41, 5.74) is -0.137. The summed E-state index contributed by atoms with van der Waals surface area (Å²) in [5, 5.41) is 14.3. The van der Waals surface area contributed by atoms with E-state index in [1.165, 1.54) is 6.33 Å². The van der Waals surface area contributed by atoms with Crippen LogP contribution in [-0.2, 0) is 0 Å². The highest BCUT2D eigenvalue weighted by Crippen LogP contribution is 2.39. The van der Waals surface area contributed by atoms with E-state index in [0.717, 1.165) is 19.4 Å². The molecule has 0 amide bonds. The maximum atomic E-state index is 11.3. The molecule has 1 N–H and O–H groups in total. The van der Waals surface area contributed by atoms with Crippen molar-refractivity contribution in [2.24, 2.45) is 0 Å². The van der Waals surface area contributed by atoms with Crippen LogP contribution in [0.15, 0.2) is 6.33 Å². The van der Waals surface area contributed by atoms with Crippen molar-refractivity contribution in [2.45, 2.75) is 39.2 Å². The highest BCUT2D eigenvalue weighted by molar-refractivity contribution is 5.71. The Morgan fingerprint density at radius 2 is 2.26 bits per heavy atom. The van der Waals surface area contributed by atoms with Crippen LogP contribution in [0.4, 0.5) is 17.3 Å². The molecule has 0 atom stereocenters. The number of nitrogens with zero attached hydrogens (tertiary/aromatic N) is 4. The average molecular weight is 265 g/mol. The molecule has 0 bridgehead atoms. The maximum absolute atomic E-state index is 11.3. The summed E-state index contributed by atoms with van der Waals surface area (Å²) < 4.78 is 0. The summed E-state index contributed by atoms with van der Waals surface area (Å²) in [6.07, 6.45) is 3.41. The number of nitrogens with one attached hydrogen (secondary N) is 1. The van der Waals surface area contributed by atoms with Gasteiger partial charge in [0.25, 0.3) is 0 Å². The van der Waals surface area contributed by atoms with E-state index in [-0.39, 0.29) is 11.2 Å². The molecule has 2 rings (SSSR count). The topological polar surface area (TPSA) is 84.2 Å². The van der Waals surface area contributed by atoms with Gasteiger partial charge in [-0.2, -0.15) is 0 Å². The first-order chi connectivity index (χ1) is 8.97.